The van der Waals surface area contributed by atoms with Crippen molar-refractivity contribution >= 4 is 0 Å². The van der Waals surface area contributed by atoms with Crippen molar-refractivity contribution in [2.75, 3.05) is 0 Å². The Morgan fingerprint density at radius 1 is 1.36 bits per heavy atom. The standard InChI is InChI=1S/C11H16/c1-6-8-10(9-7-2)11(3,4)5/h1,7-9H,2-5H3/b9-7-,10-8+. The average molecular weight is 148 g/mol. The summed E-state index contributed by atoms with van der Waals surface area (Å²) in [5.41, 5.74) is 1.35. The lowest BCUT2D eigenvalue weighted by atomic mass is 9.86. The highest BCUT2D eigenvalue weighted by Crippen LogP contribution is 2.25. The topological polar surface area (TPSA) is 0 Å². The van der Waals surface area contributed by atoms with Gasteiger partial charge in [-0.05, 0) is 24.0 Å². The number of hydrogen-bond acceptors (Lipinski definition) is 0. The van der Waals surface area contributed by atoms with Crippen molar-refractivity contribution in [3.63, 3.8) is 0 Å². The zero-order valence-electron chi connectivity index (χ0n) is 7.81. The third-order valence-electron chi connectivity index (χ3n) is 1.45. The van der Waals surface area contributed by atoms with E-state index in [1.165, 1.54) is 5.57 Å². The molecule has 0 aromatic carbocycles. The van der Waals surface area contributed by atoms with Gasteiger partial charge in [-0.15, -0.1) is 6.42 Å². The van der Waals surface area contributed by atoms with Crippen LogP contribution in [0.2, 0.25) is 0 Å². The van der Waals surface area contributed by atoms with Gasteiger partial charge in [0.05, 0.1) is 0 Å². The number of hydrogen-bond donors (Lipinski definition) is 0. The Labute approximate surface area is 70.0 Å². The van der Waals surface area contributed by atoms with Crippen LogP contribution in [0.1, 0.15) is 27.7 Å². The molecule has 0 atom stereocenters. The Bertz CT molecular complexity index is 203. The first-order chi connectivity index (χ1) is 5.02. The molecule has 0 saturated carbocycles. The Balaban J connectivity index is 4.66. The molecule has 11 heavy (non-hydrogen) atoms. The Morgan fingerprint density at radius 2 is 1.91 bits per heavy atom. The molecule has 0 heteroatoms. The van der Waals surface area contributed by atoms with Gasteiger partial charge in [-0.2, -0.15) is 0 Å². The van der Waals surface area contributed by atoms with Crippen LogP contribution in [0, 0.1) is 17.8 Å². The van der Waals surface area contributed by atoms with E-state index in [9.17, 15) is 0 Å². The summed E-state index contributed by atoms with van der Waals surface area (Å²) < 4.78 is 0. The lowest BCUT2D eigenvalue weighted by Gasteiger charge is -2.19. The summed E-state index contributed by atoms with van der Waals surface area (Å²) in [4.78, 5) is 0. The van der Waals surface area contributed by atoms with Gasteiger partial charge in [-0.25, -0.2) is 0 Å². The SMILES string of the molecule is C#C/C=C(\C=C/C)C(C)(C)C. The molecule has 0 nitrogen and oxygen atoms in total. The largest absolute Gasteiger partial charge is 0.115 e. The normalized spacial score (nSPS) is 13.5. The van der Waals surface area contributed by atoms with Crippen molar-refractivity contribution in [3.8, 4) is 12.3 Å². The second-order valence-electron chi connectivity index (χ2n) is 3.52. The van der Waals surface area contributed by atoms with Gasteiger partial charge in [-0.1, -0.05) is 38.8 Å². The van der Waals surface area contributed by atoms with Crippen LogP contribution in [0.25, 0.3) is 0 Å². The van der Waals surface area contributed by atoms with E-state index < -0.39 is 0 Å². The number of rotatable bonds is 1. The van der Waals surface area contributed by atoms with E-state index in [0.717, 1.165) is 0 Å². The molecule has 0 amide bonds. The fourth-order valence-corrected chi connectivity index (χ4v) is 0.784. The van der Waals surface area contributed by atoms with Gasteiger partial charge >= 0.3 is 0 Å². The quantitative estimate of drug-likeness (QED) is 0.396. The summed E-state index contributed by atoms with van der Waals surface area (Å²) >= 11 is 0. The average Bonchev–Trinajstić information content (AvgIpc) is 1.85. The molecular formula is C11H16. The van der Waals surface area contributed by atoms with Crippen molar-refractivity contribution in [1.82, 2.24) is 0 Å². The minimum Gasteiger partial charge on any atom is -0.115 e. The lowest BCUT2D eigenvalue weighted by molar-refractivity contribution is 0.517. The van der Waals surface area contributed by atoms with E-state index in [-0.39, 0.29) is 5.41 Å². The molecule has 0 aromatic heterocycles. The maximum Gasteiger partial charge on any atom is -0.00842 e. The summed E-state index contributed by atoms with van der Waals surface area (Å²) in [5, 5.41) is 0. The third kappa shape index (κ3) is 3.68. The van der Waals surface area contributed by atoms with Crippen molar-refractivity contribution in [2.24, 2.45) is 5.41 Å². The first-order valence-corrected chi connectivity index (χ1v) is 3.82. The predicted molar refractivity (Wildman–Crippen MR) is 51.2 cm³/mol. The zero-order chi connectivity index (χ0) is 8.91. The highest BCUT2D eigenvalue weighted by molar-refractivity contribution is 5.30. The van der Waals surface area contributed by atoms with Crippen LogP contribution in [-0.2, 0) is 0 Å². The van der Waals surface area contributed by atoms with Crippen LogP contribution in [0.4, 0.5) is 0 Å². The minimum atomic E-state index is 0.152. The van der Waals surface area contributed by atoms with Crippen molar-refractivity contribution in [2.45, 2.75) is 27.7 Å². The molecule has 0 aliphatic heterocycles. The first-order valence-electron chi connectivity index (χ1n) is 3.82. The summed E-state index contributed by atoms with van der Waals surface area (Å²) in [6.45, 7) is 8.44. The van der Waals surface area contributed by atoms with Crippen molar-refractivity contribution < 1.29 is 0 Å². The number of terminal acetylenes is 1. The van der Waals surface area contributed by atoms with E-state index in [0.29, 0.717) is 0 Å². The molecular weight excluding hydrogens is 132 g/mol. The molecule has 0 heterocycles. The minimum absolute atomic E-state index is 0.152. The third-order valence-corrected chi connectivity index (χ3v) is 1.45. The maximum atomic E-state index is 5.20. The zero-order valence-corrected chi connectivity index (χ0v) is 7.81. The molecule has 0 aromatic rings. The predicted octanol–water partition coefficient (Wildman–Crippen LogP) is 3.17. The molecule has 0 N–H and O–H groups in total. The van der Waals surface area contributed by atoms with Gasteiger partial charge in [0.25, 0.3) is 0 Å². The van der Waals surface area contributed by atoms with E-state index in [2.05, 4.69) is 32.8 Å². The van der Waals surface area contributed by atoms with Crippen molar-refractivity contribution in [1.29, 1.82) is 0 Å². The molecule has 0 spiro atoms. The Hall–Kier alpha value is -0.960. The molecule has 0 bridgehead atoms. The fraction of sp³-hybridized carbons (Fsp3) is 0.455. The molecule has 0 radical (unpaired) electrons. The highest BCUT2D eigenvalue weighted by Gasteiger charge is 2.13. The van der Waals surface area contributed by atoms with Gasteiger partial charge in [0.2, 0.25) is 0 Å². The summed E-state index contributed by atoms with van der Waals surface area (Å²) in [6, 6.07) is 0. The van der Waals surface area contributed by atoms with Crippen LogP contribution >= 0.6 is 0 Å². The molecule has 0 aliphatic carbocycles. The highest BCUT2D eigenvalue weighted by atomic mass is 14.2. The summed E-state index contributed by atoms with van der Waals surface area (Å²) in [5.74, 6) is 2.55. The maximum absolute atomic E-state index is 5.20. The van der Waals surface area contributed by atoms with E-state index in [4.69, 9.17) is 6.42 Å². The van der Waals surface area contributed by atoms with Gasteiger partial charge in [0.15, 0.2) is 0 Å². The van der Waals surface area contributed by atoms with Crippen LogP contribution in [-0.4, -0.2) is 0 Å². The van der Waals surface area contributed by atoms with Crippen LogP contribution in [0.5, 0.6) is 0 Å². The fourth-order valence-electron chi connectivity index (χ4n) is 0.784. The molecule has 0 unspecified atom stereocenters. The van der Waals surface area contributed by atoms with Crippen molar-refractivity contribution in [3.05, 3.63) is 23.8 Å². The molecule has 0 aliphatic rings. The second kappa shape index (κ2) is 4.03. The monoisotopic (exact) mass is 148 g/mol. The van der Waals surface area contributed by atoms with Crippen LogP contribution in [0.3, 0.4) is 0 Å². The van der Waals surface area contributed by atoms with E-state index in [1.54, 1.807) is 0 Å². The first kappa shape index (κ1) is 10.0. The summed E-state index contributed by atoms with van der Waals surface area (Å²) in [7, 11) is 0. The van der Waals surface area contributed by atoms with Crippen LogP contribution < -0.4 is 0 Å². The summed E-state index contributed by atoms with van der Waals surface area (Å²) in [6.07, 6.45) is 11.1. The van der Waals surface area contributed by atoms with E-state index >= 15 is 0 Å². The molecule has 0 fully saturated rings. The molecule has 0 saturated heterocycles. The Morgan fingerprint density at radius 3 is 2.18 bits per heavy atom. The number of allylic oxidation sites excluding steroid dienone is 4. The Kier molecular flexibility index (Phi) is 3.68. The van der Waals surface area contributed by atoms with Gasteiger partial charge in [-0.3, -0.25) is 0 Å². The smallest absolute Gasteiger partial charge is 0.00842 e. The van der Waals surface area contributed by atoms with Crippen LogP contribution in [0.15, 0.2) is 23.8 Å². The van der Waals surface area contributed by atoms with Gasteiger partial charge in [0, 0.05) is 0 Å². The van der Waals surface area contributed by atoms with Gasteiger partial charge in [0.1, 0.15) is 0 Å². The molecule has 0 rings (SSSR count). The second-order valence-corrected chi connectivity index (χ2v) is 3.52. The van der Waals surface area contributed by atoms with E-state index in [1.807, 2.05) is 19.1 Å². The molecule has 60 valence electrons. The van der Waals surface area contributed by atoms with Gasteiger partial charge < -0.3 is 0 Å². The lowest BCUT2D eigenvalue weighted by Crippen LogP contribution is -2.06.